The molecule has 2 aromatic carbocycles. The molecule has 0 saturated carbocycles. The monoisotopic (exact) mass is 304 g/mol. The van der Waals surface area contributed by atoms with E-state index in [1.807, 2.05) is 36.4 Å². The Morgan fingerprint density at radius 3 is 2.56 bits per heavy atom. The molecule has 0 unspecified atom stereocenters. The van der Waals surface area contributed by atoms with Crippen LogP contribution in [0, 0.1) is 0 Å². The van der Waals surface area contributed by atoms with Crippen molar-refractivity contribution in [2.75, 3.05) is 0 Å². The van der Waals surface area contributed by atoms with E-state index in [0.29, 0.717) is 17.9 Å². The smallest absolute Gasteiger partial charge is 0.159 e. The standard InChI is InChI=1S/C15H13BrO2/c1-11(17)13-7-8-14(16)15(9-13)18-10-12-5-3-2-4-6-12/h2-9H,10H2,1H3. The molecular weight excluding hydrogens is 292 g/mol. The molecule has 2 aromatic rings. The zero-order valence-electron chi connectivity index (χ0n) is 10.0. The van der Waals surface area contributed by atoms with E-state index in [4.69, 9.17) is 4.74 Å². The number of carbonyl (C=O) groups is 1. The first-order chi connectivity index (χ1) is 8.66. The minimum absolute atomic E-state index is 0.0343. The highest BCUT2D eigenvalue weighted by molar-refractivity contribution is 9.10. The van der Waals surface area contributed by atoms with E-state index in [-0.39, 0.29) is 5.78 Å². The Kier molecular flexibility index (Phi) is 4.15. The second kappa shape index (κ2) is 5.83. The van der Waals surface area contributed by atoms with Gasteiger partial charge < -0.3 is 4.74 Å². The first-order valence-corrected chi connectivity index (χ1v) is 6.43. The molecule has 0 spiro atoms. The Bertz CT molecular complexity index is 550. The van der Waals surface area contributed by atoms with E-state index in [1.165, 1.54) is 0 Å². The molecular formula is C15H13BrO2. The largest absolute Gasteiger partial charge is 0.488 e. The molecule has 0 aliphatic rings. The summed E-state index contributed by atoms with van der Waals surface area (Å²) < 4.78 is 6.56. The molecule has 0 radical (unpaired) electrons. The van der Waals surface area contributed by atoms with Crippen molar-refractivity contribution in [1.82, 2.24) is 0 Å². The second-order valence-corrected chi connectivity index (χ2v) is 4.83. The molecule has 0 heterocycles. The van der Waals surface area contributed by atoms with Gasteiger partial charge in [0.15, 0.2) is 5.78 Å². The number of benzene rings is 2. The number of hydrogen-bond donors (Lipinski definition) is 0. The molecule has 3 heteroatoms. The van der Waals surface area contributed by atoms with Crippen molar-refractivity contribution in [1.29, 1.82) is 0 Å². The maximum atomic E-state index is 11.3. The van der Waals surface area contributed by atoms with Crippen LogP contribution in [0.15, 0.2) is 53.0 Å². The molecule has 0 N–H and O–H groups in total. The normalized spacial score (nSPS) is 10.1. The minimum atomic E-state index is 0.0343. The molecule has 0 fully saturated rings. The Morgan fingerprint density at radius 2 is 1.89 bits per heavy atom. The van der Waals surface area contributed by atoms with Gasteiger partial charge in [-0.3, -0.25) is 4.79 Å². The molecule has 18 heavy (non-hydrogen) atoms. The first-order valence-electron chi connectivity index (χ1n) is 5.64. The van der Waals surface area contributed by atoms with E-state index < -0.39 is 0 Å². The van der Waals surface area contributed by atoms with Gasteiger partial charge in [-0.1, -0.05) is 36.4 Å². The van der Waals surface area contributed by atoms with Gasteiger partial charge in [-0.25, -0.2) is 0 Å². The Morgan fingerprint density at radius 1 is 1.17 bits per heavy atom. The average Bonchev–Trinajstić information content (AvgIpc) is 2.38. The maximum Gasteiger partial charge on any atom is 0.159 e. The van der Waals surface area contributed by atoms with Gasteiger partial charge in [0, 0.05) is 5.56 Å². The summed E-state index contributed by atoms with van der Waals surface area (Å²) in [5.74, 6) is 0.721. The number of halogens is 1. The number of ketones is 1. The molecule has 0 aliphatic heterocycles. The highest BCUT2D eigenvalue weighted by atomic mass is 79.9. The summed E-state index contributed by atoms with van der Waals surface area (Å²) in [6.07, 6.45) is 0. The van der Waals surface area contributed by atoms with Crippen molar-refractivity contribution in [3.8, 4) is 5.75 Å². The summed E-state index contributed by atoms with van der Waals surface area (Å²) in [5.41, 5.74) is 1.75. The summed E-state index contributed by atoms with van der Waals surface area (Å²) in [7, 11) is 0. The van der Waals surface area contributed by atoms with Crippen molar-refractivity contribution >= 4 is 21.7 Å². The Labute approximate surface area is 115 Å². The summed E-state index contributed by atoms with van der Waals surface area (Å²) in [5, 5.41) is 0. The fourth-order valence-corrected chi connectivity index (χ4v) is 1.93. The van der Waals surface area contributed by atoms with Crippen LogP contribution >= 0.6 is 15.9 Å². The fourth-order valence-electron chi connectivity index (χ4n) is 1.57. The van der Waals surface area contributed by atoms with Crippen LogP contribution < -0.4 is 4.74 Å². The van der Waals surface area contributed by atoms with Crippen LogP contribution in [0.2, 0.25) is 0 Å². The molecule has 0 aromatic heterocycles. The van der Waals surface area contributed by atoms with E-state index in [1.54, 1.807) is 19.1 Å². The van der Waals surface area contributed by atoms with Gasteiger partial charge in [0.1, 0.15) is 12.4 Å². The quantitative estimate of drug-likeness (QED) is 0.790. The van der Waals surface area contributed by atoms with E-state index in [9.17, 15) is 4.79 Å². The third kappa shape index (κ3) is 3.20. The number of carbonyl (C=O) groups excluding carboxylic acids is 1. The lowest BCUT2D eigenvalue weighted by atomic mass is 10.1. The number of rotatable bonds is 4. The van der Waals surface area contributed by atoms with E-state index >= 15 is 0 Å². The van der Waals surface area contributed by atoms with Crippen molar-refractivity contribution in [2.24, 2.45) is 0 Å². The molecule has 0 aliphatic carbocycles. The molecule has 0 atom stereocenters. The topological polar surface area (TPSA) is 26.3 Å². The van der Waals surface area contributed by atoms with Crippen LogP contribution in [-0.2, 0) is 6.61 Å². The Hall–Kier alpha value is -1.61. The number of ether oxygens (including phenoxy) is 1. The zero-order valence-corrected chi connectivity index (χ0v) is 11.6. The molecule has 2 rings (SSSR count). The SMILES string of the molecule is CC(=O)c1ccc(Br)c(OCc2ccccc2)c1. The minimum Gasteiger partial charge on any atom is -0.488 e. The van der Waals surface area contributed by atoms with Crippen LogP contribution in [0.3, 0.4) is 0 Å². The van der Waals surface area contributed by atoms with Crippen LogP contribution in [0.4, 0.5) is 0 Å². The number of Topliss-reactive ketones (excluding diaryl/α,β-unsaturated/α-hetero) is 1. The lowest BCUT2D eigenvalue weighted by Gasteiger charge is -2.09. The predicted molar refractivity (Wildman–Crippen MR) is 74.9 cm³/mol. The summed E-state index contributed by atoms with van der Waals surface area (Å²) in [6.45, 7) is 2.03. The van der Waals surface area contributed by atoms with Gasteiger partial charge in [0.2, 0.25) is 0 Å². The van der Waals surface area contributed by atoms with Crippen LogP contribution in [0.5, 0.6) is 5.75 Å². The highest BCUT2D eigenvalue weighted by Gasteiger charge is 2.06. The summed E-state index contributed by atoms with van der Waals surface area (Å²) >= 11 is 3.42. The molecule has 92 valence electrons. The predicted octanol–water partition coefficient (Wildman–Crippen LogP) is 4.23. The molecule has 0 saturated heterocycles. The van der Waals surface area contributed by atoms with Gasteiger partial charge in [0.25, 0.3) is 0 Å². The third-order valence-electron chi connectivity index (χ3n) is 2.57. The Balaban J connectivity index is 2.14. The first kappa shape index (κ1) is 12.8. The van der Waals surface area contributed by atoms with Crippen molar-refractivity contribution < 1.29 is 9.53 Å². The van der Waals surface area contributed by atoms with Gasteiger partial charge in [-0.15, -0.1) is 0 Å². The van der Waals surface area contributed by atoms with E-state index in [2.05, 4.69) is 15.9 Å². The second-order valence-electron chi connectivity index (χ2n) is 3.98. The van der Waals surface area contributed by atoms with Crippen LogP contribution in [-0.4, -0.2) is 5.78 Å². The number of hydrogen-bond acceptors (Lipinski definition) is 2. The molecule has 2 nitrogen and oxygen atoms in total. The summed E-state index contributed by atoms with van der Waals surface area (Å²) in [6, 6.07) is 15.3. The van der Waals surface area contributed by atoms with Crippen molar-refractivity contribution in [2.45, 2.75) is 13.5 Å². The molecule has 0 bridgehead atoms. The van der Waals surface area contributed by atoms with Gasteiger partial charge in [-0.05, 0) is 40.5 Å². The van der Waals surface area contributed by atoms with Crippen molar-refractivity contribution in [3.05, 3.63) is 64.1 Å². The lowest BCUT2D eigenvalue weighted by Crippen LogP contribution is -1.98. The van der Waals surface area contributed by atoms with Crippen molar-refractivity contribution in [3.63, 3.8) is 0 Å². The molecule has 0 amide bonds. The van der Waals surface area contributed by atoms with Gasteiger partial charge >= 0.3 is 0 Å². The van der Waals surface area contributed by atoms with E-state index in [0.717, 1.165) is 10.0 Å². The fraction of sp³-hybridized carbons (Fsp3) is 0.133. The van der Waals surface area contributed by atoms with Gasteiger partial charge in [-0.2, -0.15) is 0 Å². The van der Waals surface area contributed by atoms with Crippen LogP contribution in [0.25, 0.3) is 0 Å². The lowest BCUT2D eigenvalue weighted by molar-refractivity contribution is 0.101. The highest BCUT2D eigenvalue weighted by Crippen LogP contribution is 2.27. The third-order valence-corrected chi connectivity index (χ3v) is 3.23. The average molecular weight is 305 g/mol. The zero-order chi connectivity index (χ0) is 13.0. The van der Waals surface area contributed by atoms with Gasteiger partial charge in [0.05, 0.1) is 4.47 Å². The van der Waals surface area contributed by atoms with Crippen LogP contribution in [0.1, 0.15) is 22.8 Å². The maximum absolute atomic E-state index is 11.3. The summed E-state index contributed by atoms with van der Waals surface area (Å²) in [4.78, 5) is 11.3.